The third kappa shape index (κ3) is 3.14. The standard InChI is InChI=1S/C16H16Cl2N2OS/c1-9(10-3-4-10)20(2)16(21)14-8-22-15(19-14)12-6-5-11(17)7-13(12)18/h5-10H,3-4H2,1-2H3. The zero-order valence-corrected chi connectivity index (χ0v) is 14.7. The molecule has 1 atom stereocenters. The molecule has 0 N–H and O–H groups in total. The van der Waals surface area contributed by atoms with Gasteiger partial charge in [0.05, 0.1) is 5.02 Å². The maximum Gasteiger partial charge on any atom is 0.273 e. The van der Waals surface area contributed by atoms with Gasteiger partial charge in [0.15, 0.2) is 0 Å². The van der Waals surface area contributed by atoms with Crippen LogP contribution >= 0.6 is 34.5 Å². The van der Waals surface area contributed by atoms with Gasteiger partial charge in [0, 0.05) is 29.1 Å². The van der Waals surface area contributed by atoms with E-state index in [0.29, 0.717) is 21.7 Å². The van der Waals surface area contributed by atoms with Crippen molar-refractivity contribution in [3.8, 4) is 10.6 Å². The molecule has 1 unspecified atom stereocenters. The van der Waals surface area contributed by atoms with Crippen LogP contribution in [0.4, 0.5) is 0 Å². The molecule has 1 aromatic carbocycles. The third-order valence-electron chi connectivity index (χ3n) is 4.12. The fraction of sp³-hybridized carbons (Fsp3) is 0.375. The molecule has 1 aliphatic rings. The fourth-order valence-electron chi connectivity index (χ4n) is 2.42. The Kier molecular flexibility index (Phi) is 4.44. The number of halogens is 2. The Hall–Kier alpha value is -1.10. The van der Waals surface area contributed by atoms with Crippen LogP contribution in [-0.2, 0) is 0 Å². The van der Waals surface area contributed by atoms with Gasteiger partial charge in [-0.05, 0) is 43.9 Å². The van der Waals surface area contributed by atoms with E-state index in [1.165, 1.54) is 24.2 Å². The summed E-state index contributed by atoms with van der Waals surface area (Å²) in [4.78, 5) is 18.8. The Bertz CT molecular complexity index is 712. The molecule has 0 aliphatic heterocycles. The SMILES string of the molecule is CC(C1CC1)N(C)C(=O)c1csc(-c2ccc(Cl)cc2Cl)n1. The number of aromatic nitrogens is 1. The molecule has 0 spiro atoms. The molecule has 1 aromatic heterocycles. The fourth-order valence-corrected chi connectivity index (χ4v) is 3.81. The molecular weight excluding hydrogens is 339 g/mol. The number of thiazole rings is 1. The maximum atomic E-state index is 12.5. The summed E-state index contributed by atoms with van der Waals surface area (Å²) in [6.07, 6.45) is 2.42. The zero-order chi connectivity index (χ0) is 15.9. The van der Waals surface area contributed by atoms with Crippen LogP contribution < -0.4 is 0 Å². The molecule has 6 heteroatoms. The van der Waals surface area contributed by atoms with Crippen LogP contribution in [0.3, 0.4) is 0 Å². The Balaban J connectivity index is 1.82. The minimum atomic E-state index is -0.0352. The van der Waals surface area contributed by atoms with Gasteiger partial charge in [-0.2, -0.15) is 0 Å². The van der Waals surface area contributed by atoms with Crippen molar-refractivity contribution in [2.24, 2.45) is 5.92 Å². The first kappa shape index (κ1) is 15.8. The topological polar surface area (TPSA) is 33.2 Å². The molecule has 3 nitrogen and oxygen atoms in total. The van der Waals surface area contributed by atoms with E-state index in [9.17, 15) is 4.79 Å². The lowest BCUT2D eigenvalue weighted by Gasteiger charge is -2.23. The summed E-state index contributed by atoms with van der Waals surface area (Å²) in [5.41, 5.74) is 1.27. The molecule has 1 amide bonds. The summed E-state index contributed by atoms with van der Waals surface area (Å²) >= 11 is 13.5. The lowest BCUT2D eigenvalue weighted by molar-refractivity contribution is 0.0722. The molecule has 1 heterocycles. The first-order valence-corrected chi connectivity index (χ1v) is 8.79. The summed E-state index contributed by atoms with van der Waals surface area (Å²) in [6, 6.07) is 5.54. The van der Waals surface area contributed by atoms with Crippen molar-refractivity contribution in [1.29, 1.82) is 0 Å². The van der Waals surface area contributed by atoms with Crippen LogP contribution in [0.2, 0.25) is 10.0 Å². The van der Waals surface area contributed by atoms with Gasteiger partial charge >= 0.3 is 0 Å². The molecular formula is C16H16Cl2N2OS. The van der Waals surface area contributed by atoms with Crippen molar-refractivity contribution in [3.05, 3.63) is 39.3 Å². The van der Waals surface area contributed by atoms with Gasteiger partial charge in [-0.3, -0.25) is 4.79 Å². The van der Waals surface area contributed by atoms with Crippen molar-refractivity contribution < 1.29 is 4.79 Å². The van der Waals surface area contributed by atoms with E-state index in [-0.39, 0.29) is 11.9 Å². The average molecular weight is 355 g/mol. The summed E-state index contributed by atoms with van der Waals surface area (Å²) in [5.74, 6) is 0.602. The molecule has 1 saturated carbocycles. The number of carbonyl (C=O) groups excluding carboxylic acids is 1. The highest BCUT2D eigenvalue weighted by Gasteiger charge is 2.33. The molecule has 0 radical (unpaired) electrons. The Morgan fingerprint density at radius 3 is 2.77 bits per heavy atom. The first-order chi connectivity index (χ1) is 10.5. The maximum absolute atomic E-state index is 12.5. The van der Waals surface area contributed by atoms with Gasteiger partial charge < -0.3 is 4.90 Å². The second-order valence-corrected chi connectivity index (χ2v) is 7.36. The third-order valence-corrected chi connectivity index (χ3v) is 5.54. The van der Waals surface area contributed by atoms with E-state index in [0.717, 1.165) is 10.6 Å². The predicted octanol–water partition coefficient (Wildman–Crippen LogP) is 4.99. The minimum Gasteiger partial charge on any atom is -0.337 e. The van der Waals surface area contributed by atoms with Gasteiger partial charge in [0.1, 0.15) is 10.7 Å². The lowest BCUT2D eigenvalue weighted by atomic mass is 10.2. The smallest absolute Gasteiger partial charge is 0.273 e. The number of hydrogen-bond donors (Lipinski definition) is 0. The van der Waals surface area contributed by atoms with E-state index >= 15 is 0 Å². The number of benzene rings is 1. The zero-order valence-electron chi connectivity index (χ0n) is 12.3. The van der Waals surface area contributed by atoms with Crippen LogP contribution in [0, 0.1) is 5.92 Å². The van der Waals surface area contributed by atoms with Crippen molar-refractivity contribution in [2.45, 2.75) is 25.8 Å². The van der Waals surface area contributed by atoms with Gasteiger partial charge in [-0.15, -0.1) is 11.3 Å². The highest BCUT2D eigenvalue weighted by Crippen LogP contribution is 2.36. The molecule has 1 fully saturated rings. The molecule has 2 aromatic rings. The molecule has 1 aliphatic carbocycles. The van der Waals surface area contributed by atoms with Crippen molar-refractivity contribution in [2.75, 3.05) is 7.05 Å². The summed E-state index contributed by atoms with van der Waals surface area (Å²) in [5, 5.41) is 3.65. The molecule has 0 saturated heterocycles. The second-order valence-electron chi connectivity index (χ2n) is 5.66. The van der Waals surface area contributed by atoms with Gasteiger partial charge in [0.25, 0.3) is 5.91 Å². The molecule has 0 bridgehead atoms. The summed E-state index contributed by atoms with van der Waals surface area (Å²) < 4.78 is 0. The number of nitrogens with zero attached hydrogens (tertiary/aromatic N) is 2. The van der Waals surface area contributed by atoms with E-state index in [2.05, 4.69) is 11.9 Å². The number of amides is 1. The van der Waals surface area contributed by atoms with E-state index < -0.39 is 0 Å². The Morgan fingerprint density at radius 2 is 2.14 bits per heavy atom. The highest BCUT2D eigenvalue weighted by atomic mass is 35.5. The van der Waals surface area contributed by atoms with E-state index in [4.69, 9.17) is 23.2 Å². The largest absolute Gasteiger partial charge is 0.337 e. The molecule has 22 heavy (non-hydrogen) atoms. The van der Waals surface area contributed by atoms with Crippen LogP contribution in [0.5, 0.6) is 0 Å². The van der Waals surface area contributed by atoms with Crippen LogP contribution in [0.15, 0.2) is 23.6 Å². The average Bonchev–Trinajstić information content (AvgIpc) is 3.23. The second kappa shape index (κ2) is 6.19. The van der Waals surface area contributed by atoms with Crippen molar-refractivity contribution in [3.63, 3.8) is 0 Å². The summed E-state index contributed by atoms with van der Waals surface area (Å²) in [6.45, 7) is 2.10. The monoisotopic (exact) mass is 354 g/mol. The van der Waals surface area contributed by atoms with Crippen molar-refractivity contribution in [1.82, 2.24) is 9.88 Å². The van der Waals surface area contributed by atoms with Gasteiger partial charge in [0.2, 0.25) is 0 Å². The Morgan fingerprint density at radius 1 is 1.41 bits per heavy atom. The minimum absolute atomic E-state index is 0.0352. The first-order valence-electron chi connectivity index (χ1n) is 7.15. The van der Waals surface area contributed by atoms with E-state index in [1.54, 1.807) is 22.4 Å². The lowest BCUT2D eigenvalue weighted by Crippen LogP contribution is -2.36. The van der Waals surface area contributed by atoms with Crippen LogP contribution in [0.1, 0.15) is 30.3 Å². The quantitative estimate of drug-likeness (QED) is 0.774. The number of rotatable bonds is 4. The van der Waals surface area contributed by atoms with E-state index in [1.807, 2.05) is 13.1 Å². The van der Waals surface area contributed by atoms with Gasteiger partial charge in [-0.1, -0.05) is 23.2 Å². The normalized spacial score (nSPS) is 15.6. The van der Waals surface area contributed by atoms with Crippen LogP contribution in [-0.4, -0.2) is 28.9 Å². The number of hydrogen-bond acceptors (Lipinski definition) is 3. The van der Waals surface area contributed by atoms with Crippen LogP contribution in [0.25, 0.3) is 10.6 Å². The van der Waals surface area contributed by atoms with Crippen molar-refractivity contribution >= 4 is 40.4 Å². The number of carbonyl (C=O) groups is 1. The molecule has 3 rings (SSSR count). The highest BCUT2D eigenvalue weighted by molar-refractivity contribution is 7.13. The van der Waals surface area contributed by atoms with Gasteiger partial charge in [-0.25, -0.2) is 4.98 Å². The predicted molar refractivity (Wildman–Crippen MR) is 91.8 cm³/mol. The summed E-state index contributed by atoms with van der Waals surface area (Å²) in [7, 11) is 1.85. The Labute approximate surface area is 143 Å². The molecule has 116 valence electrons.